The third kappa shape index (κ3) is 4.60. The minimum absolute atomic E-state index is 0.463. The highest BCUT2D eigenvalue weighted by molar-refractivity contribution is 7.81. The summed E-state index contributed by atoms with van der Waals surface area (Å²) in [6.07, 6.45) is 3.95. The molecule has 0 aromatic carbocycles. The summed E-state index contributed by atoms with van der Waals surface area (Å²) in [5.41, 5.74) is 0. The van der Waals surface area contributed by atoms with Crippen molar-refractivity contribution in [2.24, 2.45) is 0 Å². The summed E-state index contributed by atoms with van der Waals surface area (Å²) in [6.45, 7) is 3.61. The van der Waals surface area contributed by atoms with Crippen LogP contribution in [0, 0.1) is 0 Å². The molecule has 0 radical (unpaired) electrons. The molecule has 0 aromatic heterocycles. The lowest BCUT2D eigenvalue weighted by molar-refractivity contribution is 0.854. The minimum atomic E-state index is 0.463. The van der Waals surface area contributed by atoms with Crippen molar-refractivity contribution < 1.29 is 0 Å². The molecular weight excluding hydrogens is 136 g/mol. The maximum absolute atomic E-state index is 4.27. The maximum Gasteiger partial charge on any atom is 0.00589 e. The van der Waals surface area contributed by atoms with Gasteiger partial charge in [-0.3, -0.25) is 0 Å². The Morgan fingerprint density at radius 2 is 2.25 bits per heavy atom. The van der Waals surface area contributed by atoms with Crippen molar-refractivity contribution in [3.8, 4) is 0 Å². The molecule has 0 nitrogen and oxygen atoms in total. The summed E-state index contributed by atoms with van der Waals surface area (Å²) in [5.74, 6) is 0.919. The minimum Gasteiger partial charge on any atom is -0.179 e. The number of hydrogen-bond donors (Lipinski definition) is 2. The van der Waals surface area contributed by atoms with Crippen LogP contribution < -0.4 is 0 Å². The summed E-state index contributed by atoms with van der Waals surface area (Å²) in [5, 5.41) is 0.463. The highest BCUT2D eigenvalue weighted by Gasteiger charge is 1.95. The van der Waals surface area contributed by atoms with Crippen molar-refractivity contribution >= 4 is 25.3 Å². The predicted octanol–water partition coefficient (Wildman–Crippen LogP) is 2.18. The molecule has 0 rings (SSSR count). The molecule has 0 fully saturated rings. The molecule has 8 heavy (non-hydrogen) atoms. The summed E-state index contributed by atoms with van der Waals surface area (Å²) in [4.78, 5) is 0. The van der Waals surface area contributed by atoms with E-state index in [0.717, 1.165) is 18.6 Å². The first-order chi connectivity index (χ1) is 3.81. The van der Waals surface area contributed by atoms with E-state index < -0.39 is 0 Å². The molecule has 0 heterocycles. The van der Waals surface area contributed by atoms with Crippen LogP contribution in [0.3, 0.4) is 0 Å². The molecule has 2 heteroatoms. The molecule has 1 atom stereocenters. The zero-order valence-corrected chi connectivity index (χ0v) is 6.67. The van der Waals surface area contributed by atoms with E-state index in [9.17, 15) is 0 Å². The Labute approximate surface area is 62.2 Å². The predicted molar refractivity (Wildman–Crippen MR) is 46.1 cm³/mol. The van der Waals surface area contributed by atoms with Crippen LogP contribution in [-0.4, -0.2) is 11.0 Å². The van der Waals surface area contributed by atoms with E-state index in [0.29, 0.717) is 5.25 Å². The van der Waals surface area contributed by atoms with Gasteiger partial charge in [0.2, 0.25) is 0 Å². The Morgan fingerprint density at radius 3 is 2.62 bits per heavy atom. The second kappa shape index (κ2) is 5.57. The fraction of sp³-hybridized carbons (Fsp3) is 0.667. The van der Waals surface area contributed by atoms with E-state index >= 15 is 0 Å². The van der Waals surface area contributed by atoms with Crippen molar-refractivity contribution in [1.29, 1.82) is 0 Å². The van der Waals surface area contributed by atoms with Crippen LogP contribution in [0.2, 0.25) is 0 Å². The van der Waals surface area contributed by atoms with Gasteiger partial charge < -0.3 is 0 Å². The highest BCUT2D eigenvalue weighted by Crippen LogP contribution is 2.06. The summed E-state index contributed by atoms with van der Waals surface area (Å²) in [7, 11) is 0. The molecule has 0 aliphatic rings. The molecule has 0 saturated heterocycles. The largest absolute Gasteiger partial charge is 0.179 e. The van der Waals surface area contributed by atoms with Gasteiger partial charge in [-0.25, -0.2) is 0 Å². The number of allylic oxidation sites excluding steroid dienone is 1. The van der Waals surface area contributed by atoms with E-state index in [1.165, 1.54) is 0 Å². The van der Waals surface area contributed by atoms with Gasteiger partial charge in [0, 0.05) is 5.25 Å². The molecule has 0 saturated carbocycles. The first kappa shape index (κ1) is 8.44. The van der Waals surface area contributed by atoms with Crippen molar-refractivity contribution in [3.63, 3.8) is 0 Å². The zero-order chi connectivity index (χ0) is 6.41. The van der Waals surface area contributed by atoms with Crippen LogP contribution >= 0.6 is 25.3 Å². The average Bonchev–Trinajstić information content (AvgIpc) is 1.68. The van der Waals surface area contributed by atoms with E-state index in [4.69, 9.17) is 0 Å². The molecular formula is C6H12S2. The topological polar surface area (TPSA) is 0 Å². The van der Waals surface area contributed by atoms with Crippen molar-refractivity contribution in [2.45, 2.75) is 18.1 Å². The van der Waals surface area contributed by atoms with E-state index in [1.807, 2.05) is 6.08 Å². The lowest BCUT2D eigenvalue weighted by atomic mass is 10.2. The quantitative estimate of drug-likeness (QED) is 0.443. The third-order valence-electron chi connectivity index (χ3n) is 0.901. The molecule has 0 bridgehead atoms. The van der Waals surface area contributed by atoms with Gasteiger partial charge in [0.05, 0.1) is 0 Å². The smallest absolute Gasteiger partial charge is 0.00589 e. The highest BCUT2D eigenvalue weighted by atomic mass is 32.1. The number of thiol groups is 2. The molecule has 0 aromatic rings. The SMILES string of the molecule is C=CC[C@H](S)CCS. The Balaban J connectivity index is 3.03. The van der Waals surface area contributed by atoms with Gasteiger partial charge >= 0.3 is 0 Å². The summed E-state index contributed by atoms with van der Waals surface area (Å²) >= 11 is 8.34. The van der Waals surface area contributed by atoms with Crippen molar-refractivity contribution in [2.75, 3.05) is 5.75 Å². The van der Waals surface area contributed by atoms with Gasteiger partial charge in [-0.1, -0.05) is 6.08 Å². The molecule has 0 aliphatic heterocycles. The fourth-order valence-electron chi connectivity index (χ4n) is 0.459. The Kier molecular flexibility index (Phi) is 5.88. The summed E-state index contributed by atoms with van der Waals surface area (Å²) in [6, 6.07) is 0. The van der Waals surface area contributed by atoms with E-state index in [-0.39, 0.29) is 0 Å². The first-order valence-electron chi connectivity index (χ1n) is 2.71. The molecule has 0 unspecified atom stereocenters. The molecule has 0 spiro atoms. The van der Waals surface area contributed by atoms with Crippen LogP contribution in [0.25, 0.3) is 0 Å². The lowest BCUT2D eigenvalue weighted by Crippen LogP contribution is -1.96. The van der Waals surface area contributed by atoms with Gasteiger partial charge in [0.15, 0.2) is 0 Å². The molecule has 0 aliphatic carbocycles. The van der Waals surface area contributed by atoms with Gasteiger partial charge in [0.25, 0.3) is 0 Å². The maximum atomic E-state index is 4.27. The molecule has 0 amide bonds. The Morgan fingerprint density at radius 1 is 1.62 bits per heavy atom. The second-order valence-electron chi connectivity index (χ2n) is 1.69. The number of hydrogen-bond acceptors (Lipinski definition) is 2. The molecule has 0 N–H and O–H groups in total. The monoisotopic (exact) mass is 148 g/mol. The van der Waals surface area contributed by atoms with Crippen LogP contribution in [0.5, 0.6) is 0 Å². The van der Waals surface area contributed by atoms with Crippen molar-refractivity contribution in [3.05, 3.63) is 12.7 Å². The van der Waals surface area contributed by atoms with Crippen LogP contribution in [0.4, 0.5) is 0 Å². The van der Waals surface area contributed by atoms with Gasteiger partial charge in [-0.15, -0.1) is 6.58 Å². The van der Waals surface area contributed by atoms with Crippen molar-refractivity contribution in [1.82, 2.24) is 0 Å². The average molecular weight is 148 g/mol. The summed E-state index contributed by atoms with van der Waals surface area (Å²) < 4.78 is 0. The van der Waals surface area contributed by atoms with Gasteiger partial charge in [-0.2, -0.15) is 25.3 Å². The van der Waals surface area contributed by atoms with Crippen LogP contribution in [-0.2, 0) is 0 Å². The first-order valence-corrected chi connectivity index (χ1v) is 3.86. The Bertz CT molecular complexity index is 61.5. The fourth-order valence-corrected chi connectivity index (χ4v) is 1.25. The van der Waals surface area contributed by atoms with E-state index in [2.05, 4.69) is 31.8 Å². The normalized spacial score (nSPS) is 13.2. The van der Waals surface area contributed by atoms with Crippen LogP contribution in [0.1, 0.15) is 12.8 Å². The lowest BCUT2D eigenvalue weighted by Gasteiger charge is -2.02. The Hall–Kier alpha value is 0.440. The number of rotatable bonds is 4. The van der Waals surface area contributed by atoms with E-state index in [1.54, 1.807) is 0 Å². The van der Waals surface area contributed by atoms with Gasteiger partial charge in [-0.05, 0) is 18.6 Å². The zero-order valence-electron chi connectivity index (χ0n) is 4.88. The molecule has 48 valence electrons. The van der Waals surface area contributed by atoms with Gasteiger partial charge in [0.1, 0.15) is 0 Å². The third-order valence-corrected chi connectivity index (χ3v) is 1.63. The standard InChI is InChI=1S/C6H12S2/c1-2-3-6(8)4-5-7/h2,6-8H,1,3-5H2/t6-/m0/s1. The van der Waals surface area contributed by atoms with Crippen LogP contribution in [0.15, 0.2) is 12.7 Å². The second-order valence-corrected chi connectivity index (χ2v) is 2.87.